The Labute approximate surface area is 192 Å². The second-order valence-corrected chi connectivity index (χ2v) is 15.6. The first-order chi connectivity index (χ1) is 14.7. The molecule has 3 heterocycles. The molecule has 9 heteroatoms. The van der Waals surface area contributed by atoms with Crippen molar-refractivity contribution in [2.45, 2.75) is 34.7 Å². The van der Waals surface area contributed by atoms with E-state index in [4.69, 9.17) is 16.0 Å². The number of nitrogens with zero attached hydrogens (tertiary/aromatic N) is 2. The predicted octanol–water partition coefficient (Wildman–Crippen LogP) is 4.74. The number of fused-ring (bicyclic) bond motifs is 1. The zero-order valence-corrected chi connectivity index (χ0v) is 21.4. The molecule has 3 aromatic rings. The molecular formula is C22H21ClInN3O4. The Bertz CT molecular complexity index is 1270. The summed E-state index contributed by atoms with van der Waals surface area (Å²) < 4.78 is 13.4. The quantitative estimate of drug-likeness (QED) is 0.452. The van der Waals surface area contributed by atoms with Gasteiger partial charge >= 0.3 is 193 Å². The molecule has 1 aliphatic heterocycles. The molecule has 0 amide bonds. The number of pyridine rings is 1. The first-order valence-electron chi connectivity index (χ1n) is 10.0. The Hall–Kier alpha value is -2.32. The first-order valence-corrected chi connectivity index (χ1v) is 17.1. The number of carbonyl (C=O) groups is 1. The molecule has 7 nitrogen and oxygen atoms in total. The van der Waals surface area contributed by atoms with Gasteiger partial charge in [-0.2, -0.15) is 0 Å². The molecule has 2 atom stereocenters. The van der Waals surface area contributed by atoms with Crippen LogP contribution in [0.15, 0.2) is 42.5 Å². The molecule has 0 saturated carbocycles. The summed E-state index contributed by atoms with van der Waals surface area (Å²) in [6, 6.07) is 8.16. The number of carboxylic acid groups (broad SMARTS) is 1. The number of hydrogen-bond donors (Lipinski definition) is 2. The summed E-state index contributed by atoms with van der Waals surface area (Å²) in [4.78, 5) is 28.4. The third-order valence-corrected chi connectivity index (χ3v) is 12.8. The van der Waals surface area contributed by atoms with Crippen LogP contribution in [0, 0.1) is 6.92 Å². The summed E-state index contributed by atoms with van der Waals surface area (Å²) >= 11 is 3.75. The standard InChI is InChI=1S/C21H18ClN3O4.CH3.In/c1-11-8-14(12(2)24-16-5-6-18(22)25-19(16)21(27)28)20-15(9-11)17(26)10-13(29-20)4-3-7-23;;/h4-10,12,24H,3H2,1-2H3,(H,27,28);1H3;/q-1;;+1. The van der Waals surface area contributed by atoms with Gasteiger partial charge in [0.1, 0.15) is 0 Å². The van der Waals surface area contributed by atoms with Gasteiger partial charge in [0, 0.05) is 0 Å². The summed E-state index contributed by atoms with van der Waals surface area (Å²) in [5.74, 6) is -0.474. The van der Waals surface area contributed by atoms with E-state index in [2.05, 4.69) is 18.0 Å². The molecule has 2 N–H and O–H groups in total. The van der Waals surface area contributed by atoms with Gasteiger partial charge in [0.05, 0.1) is 0 Å². The Morgan fingerprint density at radius 3 is 2.81 bits per heavy atom. The second kappa shape index (κ2) is 8.67. The number of aryl methyl sites for hydroxylation is 1. The van der Waals surface area contributed by atoms with Gasteiger partial charge in [-0.15, -0.1) is 0 Å². The van der Waals surface area contributed by atoms with Crippen molar-refractivity contribution in [3.63, 3.8) is 0 Å². The third-order valence-electron chi connectivity index (χ3n) is 5.57. The van der Waals surface area contributed by atoms with Crippen molar-refractivity contribution >= 4 is 62.2 Å². The van der Waals surface area contributed by atoms with E-state index in [0.717, 1.165) is 17.5 Å². The SMILES string of the molecule is Cc1cc(C(C)Nc2ccc(Cl)nc2C(=O)O)c2oc([CH]3CC=[N][In]3[CH3])cc(=O)c2c1. The molecule has 0 saturated heterocycles. The molecule has 0 aliphatic carbocycles. The van der Waals surface area contributed by atoms with Crippen LogP contribution < -0.4 is 10.7 Å². The Morgan fingerprint density at radius 1 is 1.35 bits per heavy atom. The van der Waals surface area contributed by atoms with Crippen LogP contribution in [0.3, 0.4) is 0 Å². The molecule has 0 bridgehead atoms. The zero-order chi connectivity index (χ0) is 22.3. The van der Waals surface area contributed by atoms with Gasteiger partial charge in [-0.05, 0) is 0 Å². The molecule has 31 heavy (non-hydrogen) atoms. The van der Waals surface area contributed by atoms with E-state index in [1.807, 2.05) is 32.2 Å². The molecule has 2 aromatic heterocycles. The van der Waals surface area contributed by atoms with Crippen molar-refractivity contribution in [3.8, 4) is 0 Å². The van der Waals surface area contributed by atoms with E-state index in [1.165, 1.54) is 6.07 Å². The molecule has 158 valence electrons. The molecule has 0 spiro atoms. The van der Waals surface area contributed by atoms with Crippen LogP contribution in [0.4, 0.5) is 5.69 Å². The van der Waals surface area contributed by atoms with Crippen LogP contribution in [0.1, 0.15) is 50.4 Å². The summed E-state index contributed by atoms with van der Waals surface area (Å²) in [7, 11) is 0. The van der Waals surface area contributed by atoms with E-state index < -0.39 is 27.7 Å². The van der Waals surface area contributed by atoms with Crippen LogP contribution in [-0.4, -0.2) is 44.0 Å². The number of carboxylic acids is 1. The van der Waals surface area contributed by atoms with E-state index in [-0.39, 0.29) is 26.0 Å². The average Bonchev–Trinajstić information content (AvgIpc) is 3.15. The fourth-order valence-corrected chi connectivity index (χ4v) is 9.31. The molecule has 1 aromatic carbocycles. The van der Waals surface area contributed by atoms with E-state index in [0.29, 0.717) is 22.4 Å². The maximum absolute atomic E-state index is 12.9. The molecule has 2 unspecified atom stereocenters. The normalized spacial score (nSPS) is 16.6. The summed E-state index contributed by atoms with van der Waals surface area (Å²) in [5, 5.41) is 13.3. The molecule has 0 fully saturated rings. The fraction of sp³-hybridized carbons (Fsp3) is 0.273. The summed E-state index contributed by atoms with van der Waals surface area (Å²) in [5.41, 5.74) is 2.33. The van der Waals surface area contributed by atoms with Crippen molar-refractivity contribution in [2.75, 3.05) is 5.32 Å². The molecule has 1 aliphatic rings. The fourth-order valence-electron chi connectivity index (χ4n) is 3.98. The first kappa shape index (κ1) is 21.9. The summed E-state index contributed by atoms with van der Waals surface area (Å²) in [6.07, 6.45) is 2.77. The van der Waals surface area contributed by atoms with Crippen LogP contribution in [-0.2, 0) is 0 Å². The van der Waals surface area contributed by atoms with Gasteiger partial charge in [-0.25, -0.2) is 0 Å². The number of anilines is 1. The van der Waals surface area contributed by atoms with Gasteiger partial charge in [0.15, 0.2) is 0 Å². The van der Waals surface area contributed by atoms with Gasteiger partial charge in [0.2, 0.25) is 0 Å². The topological polar surface area (TPSA) is 105 Å². The number of benzene rings is 1. The second-order valence-electron chi connectivity index (χ2n) is 7.86. The number of hydrogen-bond acceptors (Lipinski definition) is 6. The molecule has 0 radical (unpaired) electrons. The number of aromatic nitrogens is 1. The van der Waals surface area contributed by atoms with Gasteiger partial charge in [-0.1, -0.05) is 0 Å². The third kappa shape index (κ3) is 4.36. The van der Waals surface area contributed by atoms with Crippen LogP contribution >= 0.6 is 11.6 Å². The number of aromatic carboxylic acids is 1. The number of halogens is 1. The van der Waals surface area contributed by atoms with Crippen LogP contribution in [0.2, 0.25) is 9.83 Å². The average molecular weight is 542 g/mol. The Balaban J connectivity index is 1.80. The van der Waals surface area contributed by atoms with E-state index in [9.17, 15) is 14.7 Å². The van der Waals surface area contributed by atoms with Crippen molar-refractivity contribution in [1.82, 2.24) is 4.98 Å². The molecule has 4 rings (SSSR count). The molecular weight excluding hydrogens is 521 g/mol. The monoisotopic (exact) mass is 541 g/mol. The maximum atomic E-state index is 12.9. The van der Waals surface area contributed by atoms with Crippen molar-refractivity contribution in [2.24, 2.45) is 2.98 Å². The Kier molecular flexibility index (Phi) is 6.12. The Morgan fingerprint density at radius 2 is 2.13 bits per heavy atom. The van der Waals surface area contributed by atoms with Crippen LogP contribution in [0.5, 0.6) is 0 Å². The van der Waals surface area contributed by atoms with Crippen molar-refractivity contribution in [3.05, 3.63) is 68.3 Å². The van der Waals surface area contributed by atoms with Crippen molar-refractivity contribution < 1.29 is 14.3 Å². The summed E-state index contributed by atoms with van der Waals surface area (Å²) in [6.45, 7) is 3.81. The predicted molar refractivity (Wildman–Crippen MR) is 123 cm³/mol. The number of rotatable bonds is 5. The zero-order valence-electron chi connectivity index (χ0n) is 17.3. The van der Waals surface area contributed by atoms with Crippen LogP contribution in [0.25, 0.3) is 11.0 Å². The number of nitrogens with one attached hydrogen (secondary N) is 1. The van der Waals surface area contributed by atoms with Gasteiger partial charge in [0.25, 0.3) is 0 Å². The van der Waals surface area contributed by atoms with Crippen molar-refractivity contribution in [1.29, 1.82) is 0 Å². The minimum atomic E-state index is -2.12. The van der Waals surface area contributed by atoms with E-state index in [1.54, 1.807) is 12.1 Å². The van der Waals surface area contributed by atoms with Gasteiger partial charge in [-0.3, -0.25) is 0 Å². The van der Waals surface area contributed by atoms with Gasteiger partial charge < -0.3 is 0 Å². The van der Waals surface area contributed by atoms with E-state index >= 15 is 0 Å². The minimum absolute atomic E-state index is 0.0711.